The standard InChI is InChI=1S/C20H25FN6O4/c1-24(2)7-8-25-9-11-26(12-10-25)20(28)23-19-14-16(5-6-22-19)31-18-4-3-15(27(29)30)13-17(18)21/h3-6,13-14H,7-12H2,1-2H3,(H,22,23,28). The third-order valence-corrected chi connectivity index (χ3v) is 4.84. The van der Waals surface area contributed by atoms with Gasteiger partial charge in [0.25, 0.3) is 5.69 Å². The highest BCUT2D eigenvalue weighted by molar-refractivity contribution is 5.88. The lowest BCUT2D eigenvalue weighted by Gasteiger charge is -2.35. The number of halogens is 1. The summed E-state index contributed by atoms with van der Waals surface area (Å²) in [6.07, 6.45) is 1.42. The first-order valence-corrected chi connectivity index (χ1v) is 9.82. The van der Waals surface area contributed by atoms with Crippen LogP contribution in [0.4, 0.5) is 20.7 Å². The van der Waals surface area contributed by atoms with Gasteiger partial charge in [-0.2, -0.15) is 0 Å². The van der Waals surface area contributed by atoms with Crippen molar-refractivity contribution in [1.82, 2.24) is 19.7 Å². The molecule has 1 aliphatic heterocycles. The van der Waals surface area contributed by atoms with Crippen LogP contribution in [-0.4, -0.2) is 84.0 Å². The van der Waals surface area contributed by atoms with Gasteiger partial charge in [-0.1, -0.05) is 0 Å². The molecule has 166 valence electrons. The molecule has 1 fully saturated rings. The van der Waals surface area contributed by atoms with E-state index in [1.54, 1.807) is 4.90 Å². The molecule has 2 amide bonds. The second kappa shape index (κ2) is 10.1. The van der Waals surface area contributed by atoms with Gasteiger partial charge < -0.3 is 14.5 Å². The molecule has 0 bridgehead atoms. The van der Waals surface area contributed by atoms with Gasteiger partial charge >= 0.3 is 6.03 Å². The van der Waals surface area contributed by atoms with Gasteiger partial charge in [0.2, 0.25) is 0 Å². The highest BCUT2D eigenvalue weighted by Crippen LogP contribution is 2.28. The Morgan fingerprint density at radius 3 is 2.65 bits per heavy atom. The van der Waals surface area contributed by atoms with Gasteiger partial charge in [0.05, 0.1) is 11.0 Å². The van der Waals surface area contributed by atoms with E-state index in [0.29, 0.717) is 13.1 Å². The number of non-ortho nitro benzene ring substituents is 1. The molecule has 1 saturated heterocycles. The predicted molar refractivity (Wildman–Crippen MR) is 113 cm³/mol. The summed E-state index contributed by atoms with van der Waals surface area (Å²) in [6, 6.07) is 5.82. The number of hydrogen-bond donors (Lipinski definition) is 1. The highest BCUT2D eigenvalue weighted by Gasteiger charge is 2.21. The number of urea groups is 1. The Morgan fingerprint density at radius 2 is 2.00 bits per heavy atom. The molecule has 2 heterocycles. The number of amides is 2. The molecule has 1 aliphatic rings. The van der Waals surface area contributed by atoms with Crippen molar-refractivity contribution in [2.24, 2.45) is 0 Å². The Balaban J connectivity index is 1.56. The summed E-state index contributed by atoms with van der Waals surface area (Å²) in [5.74, 6) is -0.516. The lowest BCUT2D eigenvalue weighted by atomic mass is 10.3. The van der Waals surface area contributed by atoms with Gasteiger partial charge in [-0.3, -0.25) is 20.3 Å². The van der Waals surface area contributed by atoms with Crippen molar-refractivity contribution in [1.29, 1.82) is 0 Å². The molecule has 11 heteroatoms. The molecule has 0 radical (unpaired) electrons. The summed E-state index contributed by atoms with van der Waals surface area (Å²) in [5.41, 5.74) is -0.366. The van der Waals surface area contributed by atoms with Gasteiger partial charge in [-0.15, -0.1) is 0 Å². The van der Waals surface area contributed by atoms with Crippen LogP contribution in [0.15, 0.2) is 36.5 Å². The zero-order valence-corrected chi connectivity index (χ0v) is 17.5. The summed E-state index contributed by atoms with van der Waals surface area (Å²) in [7, 11) is 4.06. The maximum Gasteiger partial charge on any atom is 0.323 e. The van der Waals surface area contributed by atoms with Crippen LogP contribution in [0.2, 0.25) is 0 Å². The number of likely N-dealkylation sites (N-methyl/N-ethyl adjacent to an activating group) is 1. The van der Waals surface area contributed by atoms with Gasteiger partial charge in [-0.25, -0.2) is 14.2 Å². The van der Waals surface area contributed by atoms with E-state index < -0.39 is 10.7 Å². The van der Waals surface area contributed by atoms with Crippen LogP contribution in [0.5, 0.6) is 11.5 Å². The van der Waals surface area contributed by atoms with Crippen LogP contribution in [0.25, 0.3) is 0 Å². The number of nitrogens with zero attached hydrogens (tertiary/aromatic N) is 5. The maximum absolute atomic E-state index is 14.1. The van der Waals surface area contributed by atoms with Crippen LogP contribution < -0.4 is 10.1 Å². The van der Waals surface area contributed by atoms with Gasteiger partial charge in [0.15, 0.2) is 11.6 Å². The van der Waals surface area contributed by atoms with Gasteiger partial charge in [-0.05, 0) is 26.2 Å². The van der Waals surface area contributed by atoms with Gasteiger partial charge in [0.1, 0.15) is 11.6 Å². The average Bonchev–Trinajstić information content (AvgIpc) is 2.74. The van der Waals surface area contributed by atoms with Crippen LogP contribution >= 0.6 is 0 Å². The summed E-state index contributed by atoms with van der Waals surface area (Å²) in [6.45, 7) is 4.77. The molecule has 0 atom stereocenters. The number of nitrogens with one attached hydrogen (secondary N) is 1. The van der Waals surface area contributed by atoms with Crippen molar-refractivity contribution >= 4 is 17.5 Å². The SMILES string of the molecule is CN(C)CCN1CCN(C(=O)Nc2cc(Oc3ccc([N+](=O)[O-])cc3F)ccn2)CC1. The third-order valence-electron chi connectivity index (χ3n) is 4.84. The molecule has 2 aromatic rings. The Labute approximate surface area is 179 Å². The molecule has 31 heavy (non-hydrogen) atoms. The quantitative estimate of drug-likeness (QED) is 0.530. The molecule has 1 N–H and O–H groups in total. The Bertz CT molecular complexity index is 934. The molecule has 0 aliphatic carbocycles. The molecule has 0 spiro atoms. The minimum Gasteiger partial charge on any atom is -0.454 e. The molecule has 10 nitrogen and oxygen atoms in total. The molecule has 0 unspecified atom stereocenters. The monoisotopic (exact) mass is 432 g/mol. The predicted octanol–water partition coefficient (Wildman–Crippen LogP) is 2.63. The average molecular weight is 432 g/mol. The van der Waals surface area contributed by atoms with E-state index in [-0.39, 0.29) is 29.0 Å². The first-order valence-electron chi connectivity index (χ1n) is 9.82. The number of pyridine rings is 1. The fourth-order valence-corrected chi connectivity index (χ4v) is 3.06. The molecule has 0 saturated carbocycles. The van der Waals surface area contributed by atoms with Gasteiger partial charge in [0, 0.05) is 57.6 Å². The fraction of sp³-hybridized carbons (Fsp3) is 0.400. The number of benzene rings is 1. The van der Waals surface area contributed by atoms with E-state index in [2.05, 4.69) is 20.1 Å². The van der Waals surface area contributed by atoms with Crippen molar-refractivity contribution < 1.29 is 18.8 Å². The number of rotatable bonds is 7. The maximum atomic E-state index is 14.1. The second-order valence-electron chi connectivity index (χ2n) is 7.41. The molecule has 1 aromatic heterocycles. The van der Waals surface area contributed by atoms with Crippen LogP contribution in [0.1, 0.15) is 0 Å². The Kier molecular flexibility index (Phi) is 7.32. The number of carbonyl (C=O) groups is 1. The lowest BCUT2D eigenvalue weighted by Crippen LogP contribution is -2.51. The number of hydrogen-bond acceptors (Lipinski definition) is 7. The number of piperazine rings is 1. The number of aromatic nitrogens is 1. The largest absolute Gasteiger partial charge is 0.454 e. The number of nitro benzene ring substituents is 1. The van der Waals surface area contributed by atoms with Crippen molar-refractivity contribution in [2.45, 2.75) is 0 Å². The fourth-order valence-electron chi connectivity index (χ4n) is 3.06. The number of carbonyl (C=O) groups excluding carboxylic acids is 1. The zero-order chi connectivity index (χ0) is 22.4. The minimum atomic E-state index is -0.858. The molecular weight excluding hydrogens is 407 g/mol. The van der Waals surface area contributed by atoms with Crippen LogP contribution in [0, 0.1) is 15.9 Å². The van der Waals surface area contributed by atoms with Crippen molar-refractivity contribution in [2.75, 3.05) is 58.7 Å². The van der Waals surface area contributed by atoms with Crippen LogP contribution in [-0.2, 0) is 0 Å². The Hall–Kier alpha value is -3.31. The van der Waals surface area contributed by atoms with E-state index in [0.717, 1.165) is 38.3 Å². The van der Waals surface area contributed by atoms with E-state index in [9.17, 15) is 19.3 Å². The first kappa shape index (κ1) is 22.4. The second-order valence-corrected chi connectivity index (χ2v) is 7.41. The summed E-state index contributed by atoms with van der Waals surface area (Å²) in [5, 5.41) is 13.4. The van der Waals surface area contributed by atoms with E-state index in [1.165, 1.54) is 24.4 Å². The van der Waals surface area contributed by atoms with Crippen molar-refractivity contribution in [3.05, 3.63) is 52.5 Å². The van der Waals surface area contributed by atoms with Crippen molar-refractivity contribution in [3.8, 4) is 11.5 Å². The van der Waals surface area contributed by atoms with E-state index in [4.69, 9.17) is 4.74 Å². The van der Waals surface area contributed by atoms with Crippen LogP contribution in [0.3, 0.4) is 0 Å². The molecule has 1 aromatic carbocycles. The minimum absolute atomic E-state index is 0.164. The number of ether oxygens (including phenoxy) is 1. The zero-order valence-electron chi connectivity index (χ0n) is 17.5. The molecular formula is C20H25FN6O4. The topological polar surface area (TPSA) is 104 Å². The first-order chi connectivity index (χ1) is 14.8. The smallest absolute Gasteiger partial charge is 0.323 e. The lowest BCUT2D eigenvalue weighted by molar-refractivity contribution is -0.385. The summed E-state index contributed by atoms with van der Waals surface area (Å²) < 4.78 is 19.5. The Morgan fingerprint density at radius 1 is 1.26 bits per heavy atom. The normalized spacial score (nSPS) is 14.5. The van der Waals surface area contributed by atoms with E-state index in [1.807, 2.05) is 14.1 Å². The summed E-state index contributed by atoms with van der Waals surface area (Å²) >= 11 is 0. The summed E-state index contributed by atoms with van der Waals surface area (Å²) in [4.78, 5) is 32.8. The van der Waals surface area contributed by atoms with E-state index >= 15 is 0 Å². The number of anilines is 1. The van der Waals surface area contributed by atoms with Crippen molar-refractivity contribution in [3.63, 3.8) is 0 Å². The third kappa shape index (κ3) is 6.33. The molecule has 3 rings (SSSR count). The number of nitro groups is 1. The highest BCUT2D eigenvalue weighted by atomic mass is 19.1.